The molecule has 0 radical (unpaired) electrons. The number of para-hydroxylation sites is 1. The predicted molar refractivity (Wildman–Crippen MR) is 73.4 cm³/mol. The molecule has 3 heteroatoms. The summed E-state index contributed by atoms with van der Waals surface area (Å²) in [6, 6.07) is 8.46. The zero-order valence-corrected chi connectivity index (χ0v) is 10.8. The lowest BCUT2D eigenvalue weighted by atomic mass is 10.1. The van der Waals surface area contributed by atoms with E-state index >= 15 is 0 Å². The van der Waals surface area contributed by atoms with E-state index in [0.29, 0.717) is 0 Å². The highest BCUT2D eigenvalue weighted by atomic mass is 32.1. The number of rotatable bonds is 2. The van der Waals surface area contributed by atoms with Crippen LogP contribution in [0, 0.1) is 0 Å². The van der Waals surface area contributed by atoms with Gasteiger partial charge in [-0.2, -0.15) is 0 Å². The molecule has 17 heavy (non-hydrogen) atoms. The van der Waals surface area contributed by atoms with E-state index in [1.165, 1.54) is 21.5 Å². The van der Waals surface area contributed by atoms with Crippen LogP contribution >= 0.6 is 11.3 Å². The summed E-state index contributed by atoms with van der Waals surface area (Å²) in [6.07, 6.45) is 3.18. The van der Waals surface area contributed by atoms with Crippen molar-refractivity contribution in [2.45, 2.75) is 13.3 Å². The monoisotopic (exact) mass is 242 g/mol. The van der Waals surface area contributed by atoms with Crippen molar-refractivity contribution in [1.29, 1.82) is 0 Å². The van der Waals surface area contributed by atoms with Crippen LogP contribution in [0.3, 0.4) is 0 Å². The van der Waals surface area contributed by atoms with Crippen molar-refractivity contribution in [3.05, 3.63) is 40.8 Å². The number of fused-ring (bicyclic) bond motifs is 1. The van der Waals surface area contributed by atoms with Gasteiger partial charge in [-0.15, -0.1) is 11.3 Å². The van der Waals surface area contributed by atoms with Crippen LogP contribution in [0.5, 0.6) is 0 Å². The van der Waals surface area contributed by atoms with Crippen LogP contribution in [-0.4, -0.2) is 9.55 Å². The second-order valence-corrected chi connectivity index (χ2v) is 5.09. The fraction of sp³-hybridized carbons (Fsp3) is 0.214. The lowest BCUT2D eigenvalue weighted by Gasteiger charge is -1.94. The Bertz CT molecular complexity index is 664. The molecule has 2 aromatic heterocycles. The minimum absolute atomic E-state index is 1.01. The van der Waals surface area contributed by atoms with E-state index in [1.54, 1.807) is 11.3 Å². The van der Waals surface area contributed by atoms with Crippen LogP contribution in [0.25, 0.3) is 22.2 Å². The van der Waals surface area contributed by atoms with E-state index in [0.717, 1.165) is 12.1 Å². The molecular weight excluding hydrogens is 228 g/mol. The quantitative estimate of drug-likeness (QED) is 0.667. The van der Waals surface area contributed by atoms with Gasteiger partial charge in [0.1, 0.15) is 0 Å². The van der Waals surface area contributed by atoms with Crippen molar-refractivity contribution in [2.75, 3.05) is 0 Å². The number of hydrogen-bond donors (Lipinski definition) is 0. The second-order valence-electron chi connectivity index (χ2n) is 4.15. The van der Waals surface area contributed by atoms with Gasteiger partial charge in [0.25, 0.3) is 0 Å². The first kappa shape index (κ1) is 10.5. The standard InChI is InChI=1S/C14H14N2S/c1-3-14-15-12(9-17-14)11-8-16(2)13-7-5-4-6-10(11)13/h4-9H,3H2,1-2H3. The third kappa shape index (κ3) is 1.67. The van der Waals surface area contributed by atoms with E-state index in [1.807, 2.05) is 0 Å². The van der Waals surface area contributed by atoms with Crippen molar-refractivity contribution in [2.24, 2.45) is 7.05 Å². The number of hydrogen-bond acceptors (Lipinski definition) is 2. The highest BCUT2D eigenvalue weighted by Crippen LogP contribution is 2.30. The Morgan fingerprint density at radius 1 is 1.29 bits per heavy atom. The van der Waals surface area contributed by atoms with Crippen LogP contribution in [0.4, 0.5) is 0 Å². The lowest BCUT2D eigenvalue weighted by molar-refractivity contribution is 0.969. The smallest absolute Gasteiger partial charge is 0.0929 e. The van der Waals surface area contributed by atoms with E-state index in [4.69, 9.17) is 0 Å². The molecule has 0 aliphatic rings. The van der Waals surface area contributed by atoms with Gasteiger partial charge < -0.3 is 4.57 Å². The Hall–Kier alpha value is -1.61. The largest absolute Gasteiger partial charge is 0.350 e. The highest BCUT2D eigenvalue weighted by molar-refractivity contribution is 7.09. The molecule has 0 atom stereocenters. The minimum atomic E-state index is 1.01. The zero-order valence-electron chi connectivity index (χ0n) is 9.97. The average molecular weight is 242 g/mol. The molecule has 0 spiro atoms. The summed E-state index contributed by atoms with van der Waals surface area (Å²) >= 11 is 1.74. The summed E-state index contributed by atoms with van der Waals surface area (Å²) in [7, 11) is 2.08. The Morgan fingerprint density at radius 3 is 2.88 bits per heavy atom. The molecule has 86 valence electrons. The number of aromatic nitrogens is 2. The molecule has 2 nitrogen and oxygen atoms in total. The molecule has 0 aliphatic heterocycles. The Labute approximate surface area is 105 Å². The van der Waals surface area contributed by atoms with Gasteiger partial charge in [-0.25, -0.2) is 4.98 Å². The van der Waals surface area contributed by atoms with Crippen LogP contribution < -0.4 is 0 Å². The van der Waals surface area contributed by atoms with Crippen LogP contribution in [0.15, 0.2) is 35.8 Å². The molecule has 0 aliphatic carbocycles. The topological polar surface area (TPSA) is 17.8 Å². The molecule has 0 unspecified atom stereocenters. The fourth-order valence-electron chi connectivity index (χ4n) is 2.14. The van der Waals surface area contributed by atoms with E-state index < -0.39 is 0 Å². The molecule has 0 amide bonds. The predicted octanol–water partition coefficient (Wildman–Crippen LogP) is 3.86. The fourth-order valence-corrected chi connectivity index (χ4v) is 2.89. The third-order valence-corrected chi connectivity index (χ3v) is 4.02. The third-order valence-electron chi connectivity index (χ3n) is 3.03. The zero-order chi connectivity index (χ0) is 11.8. The van der Waals surface area contributed by atoms with Crippen molar-refractivity contribution >= 4 is 22.2 Å². The Morgan fingerprint density at radius 2 is 2.12 bits per heavy atom. The maximum atomic E-state index is 4.67. The first-order chi connectivity index (χ1) is 8.29. The van der Waals surface area contributed by atoms with Gasteiger partial charge in [-0.1, -0.05) is 25.1 Å². The SMILES string of the molecule is CCc1nc(-c2cn(C)c3ccccc23)cs1. The molecule has 3 aromatic rings. The molecule has 3 rings (SSSR count). The first-order valence-corrected chi connectivity index (χ1v) is 6.66. The minimum Gasteiger partial charge on any atom is -0.350 e. The van der Waals surface area contributed by atoms with Crippen LogP contribution in [0.2, 0.25) is 0 Å². The van der Waals surface area contributed by atoms with E-state index in [2.05, 4.69) is 59.4 Å². The molecule has 0 bridgehead atoms. The summed E-state index contributed by atoms with van der Waals surface area (Å²) in [6.45, 7) is 2.14. The number of thiazole rings is 1. The molecule has 0 fully saturated rings. The first-order valence-electron chi connectivity index (χ1n) is 5.78. The number of nitrogens with zero attached hydrogens (tertiary/aromatic N) is 2. The van der Waals surface area contributed by atoms with E-state index in [9.17, 15) is 0 Å². The summed E-state index contributed by atoms with van der Waals surface area (Å²) in [5.74, 6) is 0. The Kier molecular flexibility index (Phi) is 2.48. The van der Waals surface area contributed by atoms with Gasteiger partial charge in [-0.3, -0.25) is 0 Å². The molecule has 0 saturated carbocycles. The normalized spacial score (nSPS) is 11.2. The molecule has 0 N–H and O–H groups in total. The van der Waals surface area contributed by atoms with Gasteiger partial charge in [-0.05, 0) is 12.5 Å². The second kappa shape index (κ2) is 4.00. The molecule has 1 aromatic carbocycles. The molecule has 2 heterocycles. The van der Waals surface area contributed by atoms with Crippen molar-refractivity contribution in [3.63, 3.8) is 0 Å². The van der Waals surface area contributed by atoms with Crippen molar-refractivity contribution in [3.8, 4) is 11.3 Å². The molecule has 0 saturated heterocycles. The summed E-state index contributed by atoms with van der Waals surface area (Å²) < 4.78 is 2.16. The number of aryl methyl sites for hydroxylation is 2. The van der Waals surface area contributed by atoms with Gasteiger partial charge in [0.2, 0.25) is 0 Å². The van der Waals surface area contributed by atoms with Crippen LogP contribution in [-0.2, 0) is 13.5 Å². The van der Waals surface area contributed by atoms with Gasteiger partial charge in [0, 0.05) is 35.1 Å². The van der Waals surface area contributed by atoms with Gasteiger partial charge in [0.15, 0.2) is 0 Å². The average Bonchev–Trinajstić information content (AvgIpc) is 2.95. The number of benzene rings is 1. The molecular formula is C14H14N2S. The van der Waals surface area contributed by atoms with Crippen molar-refractivity contribution in [1.82, 2.24) is 9.55 Å². The Balaban J connectivity index is 2.23. The lowest BCUT2D eigenvalue weighted by Crippen LogP contribution is -1.82. The maximum Gasteiger partial charge on any atom is 0.0929 e. The summed E-state index contributed by atoms with van der Waals surface area (Å²) in [4.78, 5) is 4.67. The van der Waals surface area contributed by atoms with Gasteiger partial charge >= 0.3 is 0 Å². The highest BCUT2D eigenvalue weighted by Gasteiger charge is 2.10. The van der Waals surface area contributed by atoms with Crippen molar-refractivity contribution < 1.29 is 0 Å². The van der Waals surface area contributed by atoms with Gasteiger partial charge in [0.05, 0.1) is 10.7 Å². The van der Waals surface area contributed by atoms with E-state index in [-0.39, 0.29) is 0 Å². The summed E-state index contributed by atoms with van der Waals surface area (Å²) in [5.41, 5.74) is 3.59. The van der Waals surface area contributed by atoms with Crippen LogP contribution in [0.1, 0.15) is 11.9 Å². The summed E-state index contributed by atoms with van der Waals surface area (Å²) in [5, 5.41) is 4.64. The maximum absolute atomic E-state index is 4.67.